The number of methoxy groups -OCH3 is 2. The summed E-state index contributed by atoms with van der Waals surface area (Å²) in [6, 6.07) is 19.5. The fourth-order valence-corrected chi connectivity index (χ4v) is 7.82. The van der Waals surface area contributed by atoms with Gasteiger partial charge in [0, 0.05) is 36.3 Å². The van der Waals surface area contributed by atoms with Crippen molar-refractivity contribution in [3.8, 4) is 35.0 Å². The molecule has 344 valence electrons. The predicted molar refractivity (Wildman–Crippen MR) is 246 cm³/mol. The van der Waals surface area contributed by atoms with Crippen LogP contribution in [-0.2, 0) is 6.42 Å². The highest BCUT2D eigenvalue weighted by Crippen LogP contribution is 2.45. The van der Waals surface area contributed by atoms with E-state index in [9.17, 15) is 19.2 Å². The molecule has 66 heavy (non-hydrogen) atoms. The van der Waals surface area contributed by atoms with Crippen molar-refractivity contribution in [3.05, 3.63) is 119 Å². The van der Waals surface area contributed by atoms with E-state index in [0.717, 1.165) is 47.8 Å². The molecule has 0 aliphatic heterocycles. The highest BCUT2D eigenvalue weighted by Gasteiger charge is 2.30. The largest absolute Gasteiger partial charge is 0.468 e. The number of anilines is 1. The minimum absolute atomic E-state index is 0. The summed E-state index contributed by atoms with van der Waals surface area (Å²) in [6.45, 7) is 0. The first-order valence-electron chi connectivity index (χ1n) is 19.2. The fraction of sp³-hybridized carbons (Fsp3) is 0.238. The van der Waals surface area contributed by atoms with Gasteiger partial charge in [0.15, 0.2) is 11.5 Å². The zero-order valence-corrected chi connectivity index (χ0v) is 37.5. The van der Waals surface area contributed by atoms with Crippen LogP contribution in [0.15, 0.2) is 79.3 Å². The summed E-state index contributed by atoms with van der Waals surface area (Å²) >= 11 is 30.1. The van der Waals surface area contributed by atoms with E-state index >= 15 is 0 Å². The van der Waals surface area contributed by atoms with Gasteiger partial charge in [-0.05, 0) is 91.4 Å². The summed E-state index contributed by atoms with van der Waals surface area (Å²) < 4.78 is 35.2. The van der Waals surface area contributed by atoms with Crippen LogP contribution in [0.4, 0.5) is 5.69 Å². The third kappa shape index (κ3) is 10.6. The van der Waals surface area contributed by atoms with E-state index in [1.165, 1.54) is 0 Å². The topological polar surface area (TPSA) is 250 Å². The van der Waals surface area contributed by atoms with Crippen LogP contribution in [0.2, 0.25) is 20.1 Å². The Hall–Kier alpha value is -6.51. The molecule has 4 aromatic carbocycles. The quantitative estimate of drug-likeness (QED) is 0.0585. The van der Waals surface area contributed by atoms with Crippen LogP contribution in [0, 0.1) is 0 Å². The summed E-state index contributed by atoms with van der Waals surface area (Å²) in [6.07, 6.45) is 4.33. The highest BCUT2D eigenvalue weighted by atomic mass is 35.5. The monoisotopic (exact) mass is 1000 g/mol. The van der Waals surface area contributed by atoms with Crippen molar-refractivity contribution in [2.45, 2.75) is 51.6 Å². The third-order valence-electron chi connectivity index (χ3n) is 9.66. The number of H-pyrrole nitrogens is 2. The molecule has 0 spiro atoms. The molecule has 0 amide bonds. The van der Waals surface area contributed by atoms with Crippen molar-refractivity contribution < 1.29 is 37.6 Å². The maximum absolute atomic E-state index is 12.2. The highest BCUT2D eigenvalue weighted by molar-refractivity contribution is 6.67. The second kappa shape index (κ2) is 19.9. The second-order valence-corrected chi connectivity index (χ2v) is 16.3. The number of benzene rings is 4. The van der Waals surface area contributed by atoms with Gasteiger partial charge in [-0.1, -0.05) is 64.1 Å². The molecule has 0 atom stereocenters. The minimum atomic E-state index is -0.846. The Bertz CT molecular complexity index is 3180. The Labute approximate surface area is 397 Å². The minimum Gasteiger partial charge on any atom is -0.468 e. The molecular formula is C42H36Cl5N9O10. The lowest BCUT2D eigenvalue weighted by atomic mass is 10.1. The van der Waals surface area contributed by atoms with Gasteiger partial charge < -0.3 is 24.7 Å². The van der Waals surface area contributed by atoms with Crippen molar-refractivity contribution in [1.82, 2.24) is 39.4 Å². The van der Waals surface area contributed by atoms with E-state index < -0.39 is 22.5 Å². The number of halogens is 5. The first-order chi connectivity index (χ1) is 31.2. The van der Waals surface area contributed by atoms with E-state index in [-0.39, 0.29) is 41.3 Å². The van der Waals surface area contributed by atoms with Gasteiger partial charge in [-0.15, -0.1) is 0 Å². The number of aromatic amines is 2. The lowest BCUT2D eigenvalue weighted by Crippen LogP contribution is -2.08. The number of nitrogens with one attached hydrogen (secondary N) is 2. The molecule has 8 aromatic rings. The van der Waals surface area contributed by atoms with Crippen molar-refractivity contribution >= 4 is 96.8 Å². The van der Waals surface area contributed by atoms with Gasteiger partial charge in [0.2, 0.25) is 17.4 Å². The summed E-state index contributed by atoms with van der Waals surface area (Å²) in [4.78, 5) is 56.7. The van der Waals surface area contributed by atoms with Crippen LogP contribution in [0.1, 0.15) is 72.0 Å². The fourth-order valence-electron chi connectivity index (χ4n) is 6.55. The first kappa shape index (κ1) is 47.5. The van der Waals surface area contributed by atoms with Crippen LogP contribution in [-0.4, -0.2) is 64.6 Å². The molecule has 0 radical (unpaired) electrons. The Morgan fingerprint density at radius 2 is 1.12 bits per heavy atom. The smallest absolute Gasteiger partial charge is 0.439 e. The summed E-state index contributed by atoms with van der Waals surface area (Å²) in [5, 5.41) is 6.75. The Morgan fingerprint density at radius 3 is 1.48 bits per heavy atom. The summed E-state index contributed by atoms with van der Waals surface area (Å²) in [5.74, 6) is -0.663. The van der Waals surface area contributed by atoms with Crippen LogP contribution >= 0.6 is 58.0 Å². The van der Waals surface area contributed by atoms with Crippen LogP contribution in [0.25, 0.3) is 22.1 Å². The van der Waals surface area contributed by atoms with Crippen molar-refractivity contribution in [1.29, 1.82) is 0 Å². The number of ketones is 1. The lowest BCUT2D eigenvalue weighted by Gasteiger charge is -2.12. The van der Waals surface area contributed by atoms with Gasteiger partial charge in [-0.3, -0.25) is 37.7 Å². The zero-order chi connectivity index (χ0) is 46.1. The molecule has 4 aromatic heterocycles. The van der Waals surface area contributed by atoms with Crippen molar-refractivity contribution in [3.63, 3.8) is 0 Å². The summed E-state index contributed by atoms with van der Waals surface area (Å²) in [7, 11) is 3.23. The van der Waals surface area contributed by atoms with E-state index in [1.54, 1.807) is 44.6 Å². The molecular weight excluding hydrogens is 968 g/mol. The number of hydrogen-bond donors (Lipinski definition) is 3. The Morgan fingerprint density at radius 1 is 0.697 bits per heavy atom. The molecule has 0 unspecified atom stereocenters. The van der Waals surface area contributed by atoms with E-state index in [4.69, 9.17) is 82.7 Å². The average molecular weight is 1000 g/mol. The molecule has 4 heterocycles. The van der Waals surface area contributed by atoms with Gasteiger partial charge in [0.1, 0.15) is 11.5 Å². The number of ether oxygens (including phenoxy) is 4. The molecule has 10 rings (SSSR count). The molecule has 2 aliphatic rings. The Balaban J connectivity index is 0.000000167. The number of imidazole rings is 2. The molecule has 0 saturated heterocycles. The standard InChI is InChI=1S/C21H16Cl2N4O5.C17H15Cl2N3O2.C3HClN2O3.CH4/c1-30-20-24-15-5-4-12(9-16(15)27(20)11-2-3-11)31-18-13(22)6-10(7-14(18)23)8-17(28)19-25-21(29)32-26-19;1-23-17-21-14-5-4-11(8-15(14)22(17)10-2-3-10)24-16-12(18)6-9(20)7-13(16)19;4-1(7)2-5-3(8)9-6-2;/h4-7,9,11H,2-3,8H2,1H3,(H,25,26,29);4-8,10H,2-3,20H2,1H3;(H,5,6,8);1H4. The van der Waals surface area contributed by atoms with Crippen LogP contribution in [0.5, 0.6) is 35.0 Å². The number of carbonyl (C=O) groups excluding carboxylic acids is 2. The molecule has 2 aliphatic carbocycles. The Kier molecular flexibility index (Phi) is 14.3. The molecule has 4 N–H and O–H groups in total. The van der Waals surface area contributed by atoms with E-state index in [1.807, 2.05) is 35.3 Å². The van der Waals surface area contributed by atoms with E-state index in [0.29, 0.717) is 62.6 Å². The molecule has 2 saturated carbocycles. The van der Waals surface area contributed by atoms with Gasteiger partial charge in [0.25, 0.3) is 17.3 Å². The number of hydrogen-bond acceptors (Lipinski definition) is 15. The lowest BCUT2D eigenvalue weighted by molar-refractivity contribution is 0.0979. The number of fused-ring (bicyclic) bond motifs is 2. The number of nitrogen functional groups attached to an aromatic ring is 1. The van der Waals surface area contributed by atoms with Gasteiger partial charge in [-0.25, -0.2) is 9.59 Å². The second-order valence-electron chi connectivity index (χ2n) is 14.4. The normalized spacial score (nSPS) is 13.0. The number of nitrogens with two attached hydrogens (primary N) is 1. The SMILES string of the molecule is C.COc1nc2ccc(Oc3c(Cl)cc(CC(=O)c4noc(=O)[nH]4)cc3Cl)cc2n1C1CC1.COc1nc2ccc(Oc3c(Cl)cc(N)cc3Cl)cc2n1C1CC1.O=C(Cl)c1noc(=O)[nH]1. The number of rotatable bonds is 12. The van der Waals surface area contributed by atoms with Gasteiger partial charge in [0.05, 0.1) is 56.4 Å². The van der Waals surface area contributed by atoms with Gasteiger partial charge >= 0.3 is 11.5 Å². The number of carbonyl (C=O) groups is 2. The van der Waals surface area contributed by atoms with Crippen molar-refractivity contribution in [2.75, 3.05) is 20.0 Å². The van der Waals surface area contributed by atoms with Crippen LogP contribution in [0.3, 0.4) is 0 Å². The number of aromatic nitrogens is 8. The van der Waals surface area contributed by atoms with Gasteiger partial charge in [-0.2, -0.15) is 9.97 Å². The number of Topliss-reactive ketones (excluding diaryl/α,β-unsaturated/α-hetero) is 1. The predicted octanol–water partition coefficient (Wildman–Crippen LogP) is 10.0. The molecule has 0 bridgehead atoms. The third-order valence-corrected chi connectivity index (χ3v) is 11.0. The summed E-state index contributed by atoms with van der Waals surface area (Å²) in [5.41, 5.74) is 10.3. The maximum atomic E-state index is 12.2. The number of nitrogens with zero attached hydrogens (tertiary/aromatic N) is 6. The molecule has 2 fully saturated rings. The first-order valence-corrected chi connectivity index (χ1v) is 21.1. The average Bonchev–Trinajstić information content (AvgIpc) is 4.12. The molecule has 19 nitrogen and oxygen atoms in total. The van der Waals surface area contributed by atoms with Crippen LogP contribution < -0.4 is 36.2 Å². The van der Waals surface area contributed by atoms with E-state index in [2.05, 4.69) is 43.4 Å². The molecule has 24 heteroatoms. The zero-order valence-electron chi connectivity index (χ0n) is 33.7. The maximum Gasteiger partial charge on any atom is 0.439 e. The van der Waals surface area contributed by atoms with Crippen molar-refractivity contribution in [2.24, 2.45) is 0 Å².